The zero-order valence-corrected chi connectivity index (χ0v) is 15.1. The number of pyridine rings is 1. The summed E-state index contributed by atoms with van der Waals surface area (Å²) in [6.45, 7) is 1.35. The summed E-state index contributed by atoms with van der Waals surface area (Å²) < 4.78 is 16.8. The Bertz CT molecular complexity index is 1070. The quantitative estimate of drug-likeness (QED) is 0.755. The average molecular weight is 377 g/mol. The number of carbonyl (C=O) groups excluding carboxylic acids is 1. The predicted molar refractivity (Wildman–Crippen MR) is 104 cm³/mol. The molecule has 7 heteroatoms. The number of hydrogen-bond acceptors (Lipinski definition) is 6. The Morgan fingerprint density at radius 2 is 2.04 bits per heavy atom. The maximum atomic E-state index is 12.8. The van der Waals surface area contributed by atoms with Crippen LogP contribution in [-0.4, -0.2) is 41.8 Å². The van der Waals surface area contributed by atoms with Crippen LogP contribution in [0.5, 0.6) is 17.2 Å². The summed E-state index contributed by atoms with van der Waals surface area (Å²) in [7, 11) is 0. The van der Waals surface area contributed by atoms with Crippen LogP contribution < -0.4 is 19.9 Å². The molecule has 3 aromatic rings. The number of anilines is 1. The van der Waals surface area contributed by atoms with Gasteiger partial charge in [-0.15, -0.1) is 0 Å². The third-order valence-corrected chi connectivity index (χ3v) is 5.05. The van der Waals surface area contributed by atoms with Crippen molar-refractivity contribution in [3.8, 4) is 17.2 Å². The van der Waals surface area contributed by atoms with Gasteiger partial charge >= 0.3 is 0 Å². The lowest BCUT2D eigenvalue weighted by molar-refractivity contribution is 0.0772. The Balaban J connectivity index is 1.31. The monoisotopic (exact) mass is 377 g/mol. The van der Waals surface area contributed by atoms with Gasteiger partial charge in [0.2, 0.25) is 6.79 Å². The molecular formula is C21H19N3O4. The van der Waals surface area contributed by atoms with Crippen LogP contribution >= 0.6 is 0 Å². The summed E-state index contributed by atoms with van der Waals surface area (Å²) in [6, 6.07) is 14.8. The molecule has 3 heterocycles. The second-order valence-corrected chi connectivity index (χ2v) is 6.91. The van der Waals surface area contributed by atoms with Crippen LogP contribution in [0.1, 0.15) is 16.8 Å². The number of para-hydroxylation sites is 1. The third-order valence-electron chi connectivity index (χ3n) is 5.05. The van der Waals surface area contributed by atoms with Crippen LogP contribution in [-0.2, 0) is 0 Å². The first-order chi connectivity index (χ1) is 13.7. The van der Waals surface area contributed by atoms with Gasteiger partial charge in [0.1, 0.15) is 23.2 Å². The van der Waals surface area contributed by atoms with E-state index in [9.17, 15) is 4.79 Å². The number of rotatable bonds is 3. The van der Waals surface area contributed by atoms with Crippen molar-refractivity contribution in [3.05, 3.63) is 54.1 Å². The molecule has 2 aliphatic rings. The van der Waals surface area contributed by atoms with E-state index in [1.807, 2.05) is 24.3 Å². The summed E-state index contributed by atoms with van der Waals surface area (Å²) in [5, 5.41) is 0.970. The number of carbonyl (C=O) groups is 1. The van der Waals surface area contributed by atoms with Crippen molar-refractivity contribution in [2.75, 3.05) is 25.6 Å². The summed E-state index contributed by atoms with van der Waals surface area (Å²) in [5.74, 6) is 2.38. The number of fused-ring (bicyclic) bond motifs is 2. The standard InChI is InChI=1S/C21H19N3O4/c22-19-7-5-13-2-1-3-17(20(13)23-19)28-15-8-9-24(11-15)21(25)14-4-6-16-18(10-14)27-12-26-16/h1-7,10,15H,8-9,11-12H2,(H2,22,23)/t15-/m0/s1. The van der Waals surface area contributed by atoms with Crippen LogP contribution in [0.25, 0.3) is 10.9 Å². The van der Waals surface area contributed by atoms with Gasteiger partial charge in [-0.05, 0) is 36.4 Å². The number of nitrogen functional groups attached to an aromatic ring is 1. The first kappa shape index (κ1) is 16.7. The average Bonchev–Trinajstić information content (AvgIpc) is 3.36. The molecule has 2 aromatic carbocycles. The minimum Gasteiger partial charge on any atom is -0.486 e. The van der Waals surface area contributed by atoms with E-state index in [-0.39, 0.29) is 18.8 Å². The first-order valence-corrected chi connectivity index (χ1v) is 9.18. The second-order valence-electron chi connectivity index (χ2n) is 6.91. The van der Waals surface area contributed by atoms with Crippen molar-refractivity contribution in [2.24, 2.45) is 0 Å². The predicted octanol–water partition coefficient (Wildman–Crippen LogP) is 2.84. The van der Waals surface area contributed by atoms with Gasteiger partial charge in [0, 0.05) is 23.9 Å². The van der Waals surface area contributed by atoms with Gasteiger partial charge in [-0.1, -0.05) is 12.1 Å². The minimum absolute atomic E-state index is 0.0373. The molecule has 2 aliphatic heterocycles. The lowest BCUT2D eigenvalue weighted by Gasteiger charge is -2.18. The fourth-order valence-electron chi connectivity index (χ4n) is 3.63. The maximum Gasteiger partial charge on any atom is 0.254 e. The number of ether oxygens (including phenoxy) is 3. The van der Waals surface area contributed by atoms with Gasteiger partial charge in [0.25, 0.3) is 5.91 Å². The molecular weight excluding hydrogens is 358 g/mol. The fraction of sp³-hybridized carbons (Fsp3) is 0.238. The number of benzene rings is 2. The third kappa shape index (κ3) is 2.94. The smallest absolute Gasteiger partial charge is 0.254 e. The first-order valence-electron chi connectivity index (χ1n) is 9.18. The summed E-state index contributed by atoms with van der Waals surface area (Å²) in [6.07, 6.45) is 0.668. The van der Waals surface area contributed by atoms with Crippen molar-refractivity contribution in [1.82, 2.24) is 9.88 Å². The van der Waals surface area contributed by atoms with Crippen LogP contribution in [0.2, 0.25) is 0 Å². The lowest BCUT2D eigenvalue weighted by Crippen LogP contribution is -2.30. The fourth-order valence-corrected chi connectivity index (χ4v) is 3.63. The van der Waals surface area contributed by atoms with Gasteiger partial charge in [0.05, 0.1) is 6.54 Å². The number of hydrogen-bond donors (Lipinski definition) is 1. The van der Waals surface area contributed by atoms with E-state index >= 15 is 0 Å². The van der Waals surface area contributed by atoms with Crippen molar-refractivity contribution in [3.63, 3.8) is 0 Å². The van der Waals surface area contributed by atoms with Crippen LogP contribution in [0.4, 0.5) is 5.82 Å². The Hall–Kier alpha value is -3.48. The zero-order chi connectivity index (χ0) is 19.1. The van der Waals surface area contributed by atoms with E-state index in [0.717, 1.165) is 17.3 Å². The SMILES string of the molecule is Nc1ccc2cccc(O[C@H]3CCN(C(=O)c4ccc5c(c4)OCO5)C3)c2n1. The van der Waals surface area contributed by atoms with Crippen molar-refractivity contribution in [1.29, 1.82) is 0 Å². The van der Waals surface area contributed by atoms with Gasteiger partial charge < -0.3 is 24.8 Å². The summed E-state index contributed by atoms with van der Waals surface area (Å²) >= 11 is 0. The molecule has 1 fully saturated rings. The van der Waals surface area contributed by atoms with E-state index in [2.05, 4.69) is 4.98 Å². The Morgan fingerprint density at radius 3 is 2.96 bits per heavy atom. The van der Waals surface area contributed by atoms with Gasteiger partial charge in [-0.2, -0.15) is 0 Å². The Kier molecular flexibility index (Phi) is 3.93. The highest BCUT2D eigenvalue weighted by atomic mass is 16.7. The molecule has 1 saturated heterocycles. The van der Waals surface area contributed by atoms with E-state index in [1.165, 1.54) is 0 Å². The molecule has 0 spiro atoms. The Morgan fingerprint density at radius 1 is 1.14 bits per heavy atom. The molecule has 0 radical (unpaired) electrons. The molecule has 0 aliphatic carbocycles. The van der Waals surface area contributed by atoms with E-state index in [1.54, 1.807) is 29.2 Å². The van der Waals surface area contributed by atoms with Crippen LogP contribution in [0.3, 0.4) is 0 Å². The number of likely N-dealkylation sites (tertiary alicyclic amines) is 1. The van der Waals surface area contributed by atoms with Crippen molar-refractivity contribution in [2.45, 2.75) is 12.5 Å². The second kappa shape index (κ2) is 6.60. The molecule has 142 valence electrons. The normalized spacial score (nSPS) is 17.9. The molecule has 2 N–H and O–H groups in total. The molecule has 1 amide bonds. The molecule has 5 rings (SSSR count). The molecule has 0 saturated carbocycles. The van der Waals surface area contributed by atoms with Gasteiger partial charge in [-0.25, -0.2) is 4.98 Å². The summed E-state index contributed by atoms with van der Waals surface area (Å²) in [4.78, 5) is 19.0. The van der Waals surface area contributed by atoms with Gasteiger partial charge in [-0.3, -0.25) is 4.79 Å². The highest BCUT2D eigenvalue weighted by Gasteiger charge is 2.29. The molecule has 0 unspecified atom stereocenters. The van der Waals surface area contributed by atoms with Crippen LogP contribution in [0.15, 0.2) is 48.5 Å². The van der Waals surface area contributed by atoms with E-state index in [4.69, 9.17) is 19.9 Å². The molecule has 28 heavy (non-hydrogen) atoms. The van der Waals surface area contributed by atoms with E-state index < -0.39 is 0 Å². The topological polar surface area (TPSA) is 86.9 Å². The molecule has 0 bridgehead atoms. The Labute approximate surface area is 161 Å². The summed E-state index contributed by atoms with van der Waals surface area (Å²) in [5.41, 5.74) is 7.15. The van der Waals surface area contributed by atoms with E-state index in [0.29, 0.717) is 41.7 Å². The number of aromatic nitrogens is 1. The van der Waals surface area contributed by atoms with Crippen molar-refractivity contribution >= 4 is 22.6 Å². The molecule has 7 nitrogen and oxygen atoms in total. The largest absolute Gasteiger partial charge is 0.486 e. The molecule has 1 atom stereocenters. The highest BCUT2D eigenvalue weighted by molar-refractivity contribution is 5.95. The van der Waals surface area contributed by atoms with Crippen molar-refractivity contribution < 1.29 is 19.0 Å². The minimum atomic E-state index is -0.0909. The van der Waals surface area contributed by atoms with Gasteiger partial charge in [0.15, 0.2) is 11.5 Å². The highest BCUT2D eigenvalue weighted by Crippen LogP contribution is 2.33. The number of amides is 1. The number of nitrogens with zero attached hydrogens (tertiary/aromatic N) is 2. The lowest BCUT2D eigenvalue weighted by atomic mass is 10.2. The number of nitrogens with two attached hydrogens (primary N) is 1. The van der Waals surface area contributed by atoms with Crippen LogP contribution in [0, 0.1) is 0 Å². The maximum absolute atomic E-state index is 12.8. The molecule has 1 aromatic heterocycles. The zero-order valence-electron chi connectivity index (χ0n) is 15.1.